The highest BCUT2D eigenvalue weighted by Crippen LogP contribution is 2.28. The van der Waals surface area contributed by atoms with E-state index in [1.165, 1.54) is 62.6 Å². The van der Waals surface area contributed by atoms with Crippen molar-refractivity contribution in [1.82, 2.24) is 0 Å². The Kier molecular flexibility index (Phi) is 6.42. The smallest absolute Gasteiger partial charge is 0.0340 e. The maximum Gasteiger partial charge on any atom is 0.0340 e. The maximum absolute atomic E-state index is 3.62. The van der Waals surface area contributed by atoms with Gasteiger partial charge in [-0.1, -0.05) is 51.7 Å². The highest BCUT2D eigenvalue weighted by molar-refractivity contribution is 5.44. The summed E-state index contributed by atoms with van der Waals surface area (Å²) in [7, 11) is 0. The molecular weight excluding hydrogens is 242 g/mol. The van der Waals surface area contributed by atoms with Crippen LogP contribution in [0, 0.1) is 11.8 Å². The summed E-state index contributed by atoms with van der Waals surface area (Å²) in [4.78, 5) is 0. The lowest BCUT2D eigenvalue weighted by Crippen LogP contribution is -2.20. The van der Waals surface area contributed by atoms with E-state index in [-0.39, 0.29) is 0 Å². The van der Waals surface area contributed by atoms with Crippen LogP contribution in [-0.2, 0) is 6.42 Å². The zero-order chi connectivity index (χ0) is 14.2. The van der Waals surface area contributed by atoms with E-state index in [2.05, 4.69) is 43.4 Å². The Labute approximate surface area is 125 Å². The minimum Gasteiger partial charge on any atom is -0.385 e. The zero-order valence-corrected chi connectivity index (χ0v) is 13.3. The molecule has 1 aromatic rings. The van der Waals surface area contributed by atoms with Crippen molar-refractivity contribution in [2.75, 3.05) is 11.9 Å². The molecule has 1 nitrogen and oxygen atoms in total. The normalized spacial score (nSPS) is 22.7. The van der Waals surface area contributed by atoms with Crippen LogP contribution in [0.25, 0.3) is 0 Å². The molecule has 20 heavy (non-hydrogen) atoms. The van der Waals surface area contributed by atoms with E-state index in [9.17, 15) is 0 Å². The van der Waals surface area contributed by atoms with Crippen LogP contribution in [0.15, 0.2) is 24.3 Å². The molecule has 1 aliphatic rings. The van der Waals surface area contributed by atoms with Gasteiger partial charge < -0.3 is 5.32 Å². The molecule has 1 fully saturated rings. The molecule has 0 bridgehead atoms. The Bertz CT molecular complexity index is 360. The fourth-order valence-electron chi connectivity index (χ4n) is 3.16. The summed E-state index contributed by atoms with van der Waals surface area (Å²) in [5.74, 6) is 1.84. The molecule has 1 heteroatoms. The van der Waals surface area contributed by atoms with E-state index in [4.69, 9.17) is 0 Å². The molecule has 0 amide bonds. The fraction of sp³-hybridized carbons (Fsp3) is 0.684. The van der Waals surface area contributed by atoms with Gasteiger partial charge in [-0.3, -0.25) is 0 Å². The van der Waals surface area contributed by atoms with Gasteiger partial charge in [0, 0.05) is 12.2 Å². The molecule has 0 aromatic heterocycles. The number of aryl methyl sites for hydroxylation is 1. The van der Waals surface area contributed by atoms with Crippen LogP contribution in [0.3, 0.4) is 0 Å². The van der Waals surface area contributed by atoms with E-state index in [0.29, 0.717) is 0 Å². The molecule has 1 saturated carbocycles. The van der Waals surface area contributed by atoms with Crippen molar-refractivity contribution in [3.8, 4) is 0 Å². The summed E-state index contributed by atoms with van der Waals surface area (Å²) in [6.07, 6.45) is 10.9. The number of anilines is 1. The monoisotopic (exact) mass is 273 g/mol. The third-order valence-electron chi connectivity index (χ3n) is 4.75. The molecular formula is C19H31N. The molecule has 2 rings (SSSR count). The molecule has 1 aromatic carbocycles. The number of unbranched alkanes of at least 4 members (excludes halogenated alkanes) is 2. The van der Waals surface area contributed by atoms with Gasteiger partial charge in [0.2, 0.25) is 0 Å². The zero-order valence-electron chi connectivity index (χ0n) is 13.3. The summed E-state index contributed by atoms with van der Waals surface area (Å²) in [6.45, 7) is 5.81. The Hall–Kier alpha value is -0.980. The average molecular weight is 273 g/mol. The Morgan fingerprint density at radius 2 is 1.70 bits per heavy atom. The highest BCUT2D eigenvalue weighted by Gasteiger charge is 2.17. The SMILES string of the molecule is CCCCCc1ccc(NCC2CCC(C)CC2)cc1. The van der Waals surface area contributed by atoms with Crippen LogP contribution >= 0.6 is 0 Å². The number of nitrogens with one attached hydrogen (secondary N) is 1. The van der Waals surface area contributed by atoms with Crippen LogP contribution in [0.5, 0.6) is 0 Å². The highest BCUT2D eigenvalue weighted by atomic mass is 14.9. The predicted molar refractivity (Wildman–Crippen MR) is 89.3 cm³/mol. The van der Waals surface area contributed by atoms with E-state index in [1.54, 1.807) is 0 Å². The summed E-state index contributed by atoms with van der Waals surface area (Å²) in [6, 6.07) is 9.10. The van der Waals surface area contributed by atoms with E-state index < -0.39 is 0 Å². The van der Waals surface area contributed by atoms with Crippen molar-refractivity contribution in [1.29, 1.82) is 0 Å². The minimum atomic E-state index is 0.885. The van der Waals surface area contributed by atoms with Gasteiger partial charge in [-0.2, -0.15) is 0 Å². The van der Waals surface area contributed by atoms with Crippen LogP contribution < -0.4 is 5.32 Å². The van der Waals surface area contributed by atoms with Gasteiger partial charge in [0.05, 0.1) is 0 Å². The third-order valence-corrected chi connectivity index (χ3v) is 4.75. The van der Waals surface area contributed by atoms with Gasteiger partial charge in [-0.25, -0.2) is 0 Å². The van der Waals surface area contributed by atoms with Gasteiger partial charge in [0.25, 0.3) is 0 Å². The molecule has 0 spiro atoms. The second kappa shape index (κ2) is 8.34. The first kappa shape index (κ1) is 15.4. The summed E-state index contributed by atoms with van der Waals surface area (Å²) in [5, 5.41) is 3.62. The second-order valence-electron chi connectivity index (χ2n) is 6.66. The number of benzene rings is 1. The van der Waals surface area contributed by atoms with E-state index in [1.807, 2.05) is 0 Å². The molecule has 112 valence electrons. The molecule has 1 aliphatic carbocycles. The fourth-order valence-corrected chi connectivity index (χ4v) is 3.16. The van der Waals surface area contributed by atoms with Crippen molar-refractivity contribution >= 4 is 5.69 Å². The summed E-state index contributed by atoms with van der Waals surface area (Å²) < 4.78 is 0. The van der Waals surface area contributed by atoms with Crippen molar-refractivity contribution in [2.24, 2.45) is 11.8 Å². The molecule has 0 saturated heterocycles. The van der Waals surface area contributed by atoms with Crippen LogP contribution in [0.1, 0.15) is 64.4 Å². The van der Waals surface area contributed by atoms with Crippen molar-refractivity contribution in [2.45, 2.75) is 65.2 Å². The van der Waals surface area contributed by atoms with Crippen molar-refractivity contribution in [3.63, 3.8) is 0 Å². The van der Waals surface area contributed by atoms with Crippen LogP contribution in [-0.4, -0.2) is 6.54 Å². The lowest BCUT2D eigenvalue weighted by Gasteiger charge is -2.26. The number of hydrogen-bond donors (Lipinski definition) is 1. The van der Waals surface area contributed by atoms with Gasteiger partial charge in [0.1, 0.15) is 0 Å². The Morgan fingerprint density at radius 3 is 2.35 bits per heavy atom. The lowest BCUT2D eigenvalue weighted by atomic mass is 9.83. The standard InChI is InChI=1S/C19H31N/c1-3-4-5-6-17-11-13-19(14-12-17)20-15-18-9-7-16(2)8-10-18/h11-14,16,18,20H,3-10,15H2,1-2H3. The Morgan fingerprint density at radius 1 is 1.00 bits per heavy atom. The number of hydrogen-bond acceptors (Lipinski definition) is 1. The molecule has 0 atom stereocenters. The largest absolute Gasteiger partial charge is 0.385 e. The number of rotatable bonds is 7. The maximum atomic E-state index is 3.62. The first-order valence-corrected chi connectivity index (χ1v) is 8.60. The topological polar surface area (TPSA) is 12.0 Å². The minimum absolute atomic E-state index is 0.885. The van der Waals surface area contributed by atoms with E-state index >= 15 is 0 Å². The third kappa shape index (κ3) is 5.19. The summed E-state index contributed by atoms with van der Waals surface area (Å²) >= 11 is 0. The van der Waals surface area contributed by atoms with Gasteiger partial charge in [0.15, 0.2) is 0 Å². The molecule has 0 unspecified atom stereocenters. The van der Waals surface area contributed by atoms with Crippen molar-refractivity contribution in [3.05, 3.63) is 29.8 Å². The van der Waals surface area contributed by atoms with Crippen LogP contribution in [0.4, 0.5) is 5.69 Å². The second-order valence-corrected chi connectivity index (χ2v) is 6.66. The molecule has 0 heterocycles. The van der Waals surface area contributed by atoms with Gasteiger partial charge >= 0.3 is 0 Å². The predicted octanol–water partition coefficient (Wildman–Crippen LogP) is 5.66. The van der Waals surface area contributed by atoms with E-state index in [0.717, 1.165) is 18.4 Å². The summed E-state index contributed by atoms with van der Waals surface area (Å²) in [5.41, 5.74) is 2.78. The quantitative estimate of drug-likeness (QED) is 0.632. The Balaban J connectivity index is 1.70. The first-order valence-electron chi connectivity index (χ1n) is 8.60. The van der Waals surface area contributed by atoms with Gasteiger partial charge in [-0.05, 0) is 55.2 Å². The van der Waals surface area contributed by atoms with Crippen molar-refractivity contribution < 1.29 is 0 Å². The molecule has 0 radical (unpaired) electrons. The molecule has 0 aliphatic heterocycles. The average Bonchev–Trinajstić information content (AvgIpc) is 2.48. The van der Waals surface area contributed by atoms with Gasteiger partial charge in [-0.15, -0.1) is 0 Å². The van der Waals surface area contributed by atoms with Crippen LogP contribution in [0.2, 0.25) is 0 Å². The first-order chi connectivity index (χ1) is 9.78. The molecule has 1 N–H and O–H groups in total. The lowest BCUT2D eigenvalue weighted by molar-refractivity contribution is 0.300.